The highest BCUT2D eigenvalue weighted by atomic mass is 35.5. The van der Waals surface area contributed by atoms with Gasteiger partial charge >= 0.3 is 12.1 Å². The van der Waals surface area contributed by atoms with E-state index < -0.39 is 60.6 Å². The summed E-state index contributed by atoms with van der Waals surface area (Å²) in [7, 11) is 0. The molecule has 0 saturated carbocycles. The lowest BCUT2D eigenvalue weighted by molar-refractivity contribution is -0.141. The van der Waals surface area contributed by atoms with Crippen LogP contribution in [0.4, 0.5) is 4.79 Å². The predicted molar refractivity (Wildman–Crippen MR) is 152 cm³/mol. The van der Waals surface area contributed by atoms with E-state index in [-0.39, 0.29) is 25.6 Å². The Balaban J connectivity index is 1.93. The average Bonchev–Trinajstić information content (AvgIpc) is 2.91. The number of alkyl carbamates (subject to hydrolysis) is 1. The smallest absolute Gasteiger partial charge is 0.408 e. The molecule has 12 heteroatoms. The van der Waals surface area contributed by atoms with Crippen molar-refractivity contribution in [3.63, 3.8) is 0 Å². The monoisotopic (exact) mass is 608 g/mol. The van der Waals surface area contributed by atoms with E-state index in [2.05, 4.69) is 10.6 Å². The Morgan fingerprint density at radius 2 is 1.46 bits per heavy atom. The Kier molecular flexibility index (Phi) is 13.8. The van der Waals surface area contributed by atoms with Crippen molar-refractivity contribution in [2.75, 3.05) is 6.61 Å². The summed E-state index contributed by atoms with van der Waals surface area (Å²) in [6.45, 7) is 4.37. The van der Waals surface area contributed by atoms with Crippen LogP contribution >= 0.6 is 23.2 Å². The lowest BCUT2D eigenvalue weighted by Gasteiger charge is -2.23. The van der Waals surface area contributed by atoms with Gasteiger partial charge in [-0.1, -0.05) is 80.4 Å². The summed E-state index contributed by atoms with van der Waals surface area (Å²) in [5.41, 5.74) is 1.25. The van der Waals surface area contributed by atoms with Crippen LogP contribution in [-0.4, -0.2) is 53.3 Å². The molecule has 222 valence electrons. The Bertz CT molecular complexity index is 1200. The predicted octanol–water partition coefficient (Wildman–Crippen LogP) is 4.58. The van der Waals surface area contributed by atoms with Crippen molar-refractivity contribution in [3.05, 3.63) is 69.7 Å². The van der Waals surface area contributed by atoms with Gasteiger partial charge in [0.2, 0.25) is 5.91 Å². The zero-order chi connectivity index (χ0) is 30.5. The second-order valence-corrected chi connectivity index (χ2v) is 10.6. The number of amides is 2. The molecule has 0 aromatic heterocycles. The summed E-state index contributed by atoms with van der Waals surface area (Å²) in [6.07, 6.45) is -1.71. The van der Waals surface area contributed by atoms with Gasteiger partial charge in [-0.25, -0.2) is 4.79 Å². The highest BCUT2D eigenvalue weighted by molar-refractivity contribution is 6.35. The first-order valence-corrected chi connectivity index (χ1v) is 13.7. The number of hydrogen-bond acceptors (Lipinski definition) is 7. The molecule has 3 N–H and O–H groups in total. The minimum Gasteiger partial charge on any atom is -0.481 e. The highest BCUT2D eigenvalue weighted by Crippen LogP contribution is 2.25. The van der Waals surface area contributed by atoms with Gasteiger partial charge in [0.15, 0.2) is 11.6 Å². The number of ketones is 2. The Labute approximate surface area is 248 Å². The Morgan fingerprint density at radius 1 is 0.829 bits per heavy atom. The minimum absolute atomic E-state index is 0.0264. The fourth-order valence-electron chi connectivity index (χ4n) is 3.79. The maximum atomic E-state index is 13.0. The van der Waals surface area contributed by atoms with E-state index in [1.54, 1.807) is 44.2 Å². The van der Waals surface area contributed by atoms with Crippen molar-refractivity contribution in [2.45, 2.75) is 58.9 Å². The zero-order valence-electron chi connectivity index (χ0n) is 23.0. The van der Waals surface area contributed by atoms with Crippen LogP contribution in [0.25, 0.3) is 0 Å². The van der Waals surface area contributed by atoms with Crippen LogP contribution in [0.1, 0.15) is 44.7 Å². The lowest BCUT2D eigenvalue weighted by atomic mass is 9.92. The third-order valence-corrected chi connectivity index (χ3v) is 6.80. The number of carboxylic acid groups (broad SMARTS) is 1. The van der Waals surface area contributed by atoms with E-state index in [1.807, 2.05) is 18.2 Å². The molecule has 0 spiro atoms. The van der Waals surface area contributed by atoms with Crippen molar-refractivity contribution < 1.29 is 38.6 Å². The van der Waals surface area contributed by atoms with Crippen LogP contribution in [0.3, 0.4) is 0 Å². The van der Waals surface area contributed by atoms with Crippen LogP contribution in [0.2, 0.25) is 10.0 Å². The number of ether oxygens (including phenoxy) is 2. The van der Waals surface area contributed by atoms with E-state index >= 15 is 0 Å². The number of aliphatic carboxylic acids is 1. The Morgan fingerprint density at radius 3 is 2.05 bits per heavy atom. The molecule has 0 bridgehead atoms. The third kappa shape index (κ3) is 11.5. The molecule has 0 aliphatic heterocycles. The molecule has 2 aromatic rings. The average molecular weight is 610 g/mol. The van der Waals surface area contributed by atoms with Crippen molar-refractivity contribution in [3.8, 4) is 0 Å². The van der Waals surface area contributed by atoms with Gasteiger partial charge in [-0.05, 0) is 23.6 Å². The van der Waals surface area contributed by atoms with Crippen LogP contribution in [0.15, 0.2) is 48.5 Å². The summed E-state index contributed by atoms with van der Waals surface area (Å²) in [4.78, 5) is 62.2. The van der Waals surface area contributed by atoms with Crippen LogP contribution in [-0.2, 0) is 41.9 Å². The molecule has 0 heterocycles. The summed E-state index contributed by atoms with van der Waals surface area (Å²) in [6, 6.07) is 11.6. The van der Waals surface area contributed by atoms with Gasteiger partial charge in [0.05, 0.1) is 19.1 Å². The molecule has 0 fully saturated rings. The third-order valence-electron chi connectivity index (χ3n) is 6.09. The van der Waals surface area contributed by atoms with E-state index in [1.165, 1.54) is 6.92 Å². The summed E-state index contributed by atoms with van der Waals surface area (Å²) < 4.78 is 10.6. The standard InChI is InChI=1S/C29H34Cl2N2O8/c1-17(2)27(33-29(39)41-14-19-8-5-4-6-9-19)24(34)12-18(3)28(38)32-23(13-26(36)37)25(35)16-40-15-20-21(30)10-7-11-22(20)31/h4-11,17-18,23,27H,12-16H2,1-3H3,(H,32,38)(H,33,39)(H,36,37)/t18-,23+,27+/m1/s1. The molecule has 2 amide bonds. The second-order valence-electron chi connectivity index (χ2n) is 9.82. The summed E-state index contributed by atoms with van der Waals surface area (Å²) >= 11 is 12.2. The fourth-order valence-corrected chi connectivity index (χ4v) is 4.30. The van der Waals surface area contributed by atoms with Gasteiger partial charge in [0.1, 0.15) is 19.3 Å². The number of rotatable bonds is 16. The molecule has 0 aliphatic carbocycles. The molecule has 2 aromatic carbocycles. The molecule has 0 radical (unpaired) electrons. The lowest BCUT2D eigenvalue weighted by Crippen LogP contribution is -2.48. The van der Waals surface area contributed by atoms with Gasteiger partial charge in [-0.3, -0.25) is 19.2 Å². The maximum absolute atomic E-state index is 13.0. The number of carbonyl (C=O) groups is 5. The van der Waals surface area contributed by atoms with E-state index in [9.17, 15) is 29.1 Å². The summed E-state index contributed by atoms with van der Waals surface area (Å²) in [5.74, 6) is -4.31. The molecule has 0 aliphatic rings. The van der Waals surface area contributed by atoms with Crippen molar-refractivity contribution >= 4 is 52.7 Å². The van der Waals surface area contributed by atoms with Gasteiger partial charge < -0.3 is 25.2 Å². The summed E-state index contributed by atoms with van der Waals surface area (Å²) in [5, 5.41) is 14.9. The maximum Gasteiger partial charge on any atom is 0.408 e. The second kappa shape index (κ2) is 16.7. The first-order chi connectivity index (χ1) is 19.4. The Hall–Kier alpha value is -3.47. The highest BCUT2D eigenvalue weighted by Gasteiger charge is 2.30. The number of nitrogens with one attached hydrogen (secondary N) is 2. The van der Waals surface area contributed by atoms with Gasteiger partial charge in [-0.15, -0.1) is 0 Å². The van der Waals surface area contributed by atoms with Gasteiger partial charge in [0.25, 0.3) is 0 Å². The topological polar surface area (TPSA) is 148 Å². The molecule has 10 nitrogen and oxygen atoms in total. The number of hydrogen-bond donors (Lipinski definition) is 3. The fraction of sp³-hybridized carbons (Fsp3) is 0.414. The van der Waals surface area contributed by atoms with Crippen LogP contribution in [0.5, 0.6) is 0 Å². The largest absolute Gasteiger partial charge is 0.481 e. The number of carboxylic acids is 1. The van der Waals surface area contributed by atoms with E-state index in [0.29, 0.717) is 15.6 Å². The molecular weight excluding hydrogens is 575 g/mol. The number of benzene rings is 2. The van der Waals surface area contributed by atoms with E-state index in [0.717, 1.165) is 5.56 Å². The van der Waals surface area contributed by atoms with Crippen molar-refractivity contribution in [2.24, 2.45) is 11.8 Å². The number of Topliss-reactive ketones (excluding diaryl/α,β-unsaturated/α-hetero) is 2. The SMILES string of the molecule is CC(C)[C@H](NC(=O)OCc1ccccc1)C(=O)C[C@@H](C)C(=O)N[C@@H](CC(=O)O)C(=O)COCc1c(Cl)cccc1Cl. The first-order valence-electron chi connectivity index (χ1n) is 12.9. The molecular formula is C29H34Cl2N2O8. The van der Waals surface area contributed by atoms with Crippen LogP contribution < -0.4 is 10.6 Å². The molecule has 41 heavy (non-hydrogen) atoms. The van der Waals surface area contributed by atoms with Crippen LogP contribution in [0, 0.1) is 11.8 Å². The molecule has 2 rings (SSSR count). The molecule has 3 atom stereocenters. The van der Waals surface area contributed by atoms with E-state index in [4.69, 9.17) is 32.7 Å². The quantitative estimate of drug-likeness (QED) is 0.251. The first kappa shape index (κ1) is 33.7. The minimum atomic E-state index is -1.38. The normalized spacial score (nSPS) is 13.1. The van der Waals surface area contributed by atoms with Crippen molar-refractivity contribution in [1.29, 1.82) is 0 Å². The number of carbonyl (C=O) groups excluding carboxylic acids is 4. The zero-order valence-corrected chi connectivity index (χ0v) is 24.5. The number of halogens is 2. The molecule has 0 unspecified atom stereocenters. The van der Waals surface area contributed by atoms with Gasteiger partial charge in [0, 0.05) is 27.9 Å². The van der Waals surface area contributed by atoms with Crippen molar-refractivity contribution in [1.82, 2.24) is 10.6 Å². The molecule has 0 saturated heterocycles. The van der Waals surface area contributed by atoms with Gasteiger partial charge in [-0.2, -0.15) is 0 Å².